The number of likely N-dealkylation sites (N-methyl/N-ethyl adjacent to an activating group) is 1. The summed E-state index contributed by atoms with van der Waals surface area (Å²) in [7, 11) is 8.57. The van der Waals surface area contributed by atoms with Gasteiger partial charge in [-0.25, -0.2) is 0 Å². The summed E-state index contributed by atoms with van der Waals surface area (Å²) < 4.78 is 17.1. The Bertz CT molecular complexity index is 1300. The molecule has 2 aromatic carbocycles. The van der Waals surface area contributed by atoms with Gasteiger partial charge in [0.05, 0.1) is 33.1 Å². The molecule has 1 aliphatic rings. The van der Waals surface area contributed by atoms with Gasteiger partial charge in [-0.2, -0.15) is 11.8 Å². The highest BCUT2D eigenvalue weighted by Crippen LogP contribution is 2.50. The SMILES string of the molecule is COc1cc2c(c(OC)c1OC)-c1ccc(NC(CCSC)C(=O)NCCN(C)C)c(=O)cc1C(NC(C)=O)CC2. The molecule has 0 aliphatic heterocycles. The van der Waals surface area contributed by atoms with Crippen LogP contribution in [0.1, 0.15) is 36.9 Å². The Labute approximate surface area is 246 Å². The fourth-order valence-electron chi connectivity index (χ4n) is 5.05. The first-order chi connectivity index (χ1) is 19.6. The summed E-state index contributed by atoms with van der Waals surface area (Å²) >= 11 is 1.64. The number of amides is 2. The monoisotopic (exact) mass is 586 g/mol. The molecule has 0 bridgehead atoms. The summed E-state index contributed by atoms with van der Waals surface area (Å²) in [6, 6.07) is 6.03. The third-order valence-electron chi connectivity index (χ3n) is 7.03. The number of thioether (sulfide) groups is 1. The lowest BCUT2D eigenvalue weighted by atomic mass is 9.95. The largest absolute Gasteiger partial charge is 0.493 e. The van der Waals surface area contributed by atoms with Crippen molar-refractivity contribution >= 4 is 29.3 Å². The van der Waals surface area contributed by atoms with Crippen LogP contribution < -0.4 is 35.6 Å². The molecule has 0 radical (unpaired) electrons. The van der Waals surface area contributed by atoms with E-state index in [1.165, 1.54) is 6.92 Å². The maximum atomic E-state index is 13.7. The van der Waals surface area contributed by atoms with E-state index >= 15 is 0 Å². The lowest BCUT2D eigenvalue weighted by Gasteiger charge is -2.19. The molecular formula is C30H42N4O6S. The van der Waals surface area contributed by atoms with Gasteiger partial charge in [0, 0.05) is 25.6 Å². The van der Waals surface area contributed by atoms with Crippen LogP contribution in [0.3, 0.4) is 0 Å². The number of hydrogen-bond donors (Lipinski definition) is 3. The minimum absolute atomic E-state index is 0.159. The zero-order chi connectivity index (χ0) is 30.1. The van der Waals surface area contributed by atoms with Crippen LogP contribution in [-0.4, -0.2) is 83.3 Å². The van der Waals surface area contributed by atoms with E-state index in [1.54, 1.807) is 45.2 Å². The van der Waals surface area contributed by atoms with Crippen LogP contribution in [0.2, 0.25) is 0 Å². The van der Waals surface area contributed by atoms with E-state index in [1.807, 2.05) is 37.4 Å². The first kappa shape index (κ1) is 32.1. The van der Waals surface area contributed by atoms with E-state index in [0.717, 1.165) is 22.4 Å². The van der Waals surface area contributed by atoms with Crippen molar-refractivity contribution in [3.05, 3.63) is 45.6 Å². The Hall–Kier alpha value is -3.44. The number of ether oxygens (including phenoxy) is 3. The lowest BCUT2D eigenvalue weighted by molar-refractivity contribution is -0.122. The summed E-state index contributed by atoms with van der Waals surface area (Å²) in [5.41, 5.74) is 3.14. The third-order valence-corrected chi connectivity index (χ3v) is 7.68. The predicted octanol–water partition coefficient (Wildman–Crippen LogP) is 3.07. The summed E-state index contributed by atoms with van der Waals surface area (Å²) in [5, 5.41) is 9.20. The number of anilines is 1. The van der Waals surface area contributed by atoms with Crippen molar-refractivity contribution in [3.63, 3.8) is 0 Å². The Morgan fingerprint density at radius 2 is 1.83 bits per heavy atom. The van der Waals surface area contributed by atoms with Crippen LogP contribution in [0.25, 0.3) is 11.1 Å². The number of fused-ring (bicyclic) bond motifs is 3. The molecule has 0 saturated heterocycles. The van der Waals surface area contributed by atoms with E-state index < -0.39 is 12.1 Å². The molecule has 2 amide bonds. The van der Waals surface area contributed by atoms with Crippen LogP contribution in [0.5, 0.6) is 17.2 Å². The first-order valence-corrected chi connectivity index (χ1v) is 15.0. The molecular weight excluding hydrogens is 544 g/mol. The Kier molecular flexibility index (Phi) is 11.7. The quantitative estimate of drug-likeness (QED) is 0.325. The summed E-state index contributed by atoms with van der Waals surface area (Å²) in [4.78, 5) is 40.9. The average molecular weight is 587 g/mol. The van der Waals surface area contributed by atoms with Crippen LogP contribution in [0, 0.1) is 0 Å². The molecule has 0 spiro atoms. The van der Waals surface area contributed by atoms with Crippen molar-refractivity contribution in [2.75, 3.05) is 65.8 Å². The molecule has 0 aromatic heterocycles. The smallest absolute Gasteiger partial charge is 0.242 e. The fraction of sp³-hybridized carbons (Fsp3) is 0.500. The Balaban J connectivity index is 2.16. The van der Waals surface area contributed by atoms with Crippen molar-refractivity contribution in [3.8, 4) is 28.4 Å². The van der Waals surface area contributed by atoms with Crippen LogP contribution >= 0.6 is 11.8 Å². The number of benzene rings is 1. The van der Waals surface area contributed by atoms with E-state index in [4.69, 9.17) is 14.2 Å². The molecule has 41 heavy (non-hydrogen) atoms. The van der Waals surface area contributed by atoms with Gasteiger partial charge in [-0.1, -0.05) is 6.07 Å². The minimum atomic E-state index is -0.586. The minimum Gasteiger partial charge on any atom is -0.493 e. The Morgan fingerprint density at radius 1 is 1.10 bits per heavy atom. The zero-order valence-corrected chi connectivity index (χ0v) is 25.8. The molecule has 1 aliphatic carbocycles. The molecule has 224 valence electrons. The number of nitrogens with zero attached hydrogens (tertiary/aromatic N) is 1. The molecule has 0 heterocycles. The van der Waals surface area contributed by atoms with Gasteiger partial charge in [-0.15, -0.1) is 0 Å². The number of rotatable bonds is 13. The van der Waals surface area contributed by atoms with Crippen LogP contribution in [-0.2, 0) is 16.0 Å². The highest BCUT2D eigenvalue weighted by molar-refractivity contribution is 7.98. The van der Waals surface area contributed by atoms with E-state index in [2.05, 4.69) is 16.0 Å². The normalized spacial score (nSPS) is 14.7. The molecule has 0 fully saturated rings. The van der Waals surface area contributed by atoms with Crippen molar-refractivity contribution < 1.29 is 23.8 Å². The van der Waals surface area contributed by atoms with Gasteiger partial charge in [0.2, 0.25) is 23.0 Å². The Morgan fingerprint density at radius 3 is 2.44 bits per heavy atom. The van der Waals surface area contributed by atoms with Gasteiger partial charge in [-0.3, -0.25) is 14.4 Å². The second-order valence-electron chi connectivity index (χ2n) is 10.2. The van der Waals surface area contributed by atoms with Crippen molar-refractivity contribution in [1.82, 2.24) is 15.5 Å². The molecule has 0 saturated carbocycles. The van der Waals surface area contributed by atoms with Gasteiger partial charge >= 0.3 is 0 Å². The van der Waals surface area contributed by atoms with Gasteiger partial charge in [-0.05, 0) is 80.3 Å². The zero-order valence-electron chi connectivity index (χ0n) is 25.0. The number of aryl methyl sites for hydroxylation is 1. The number of carbonyl (C=O) groups is 2. The maximum absolute atomic E-state index is 13.7. The molecule has 2 aromatic rings. The fourth-order valence-corrected chi connectivity index (χ4v) is 5.52. The number of methoxy groups -OCH3 is 3. The molecule has 2 atom stereocenters. The average Bonchev–Trinajstić information content (AvgIpc) is 3.18. The predicted molar refractivity (Wildman–Crippen MR) is 165 cm³/mol. The van der Waals surface area contributed by atoms with Crippen molar-refractivity contribution in [1.29, 1.82) is 0 Å². The molecule has 10 nitrogen and oxygen atoms in total. The topological polar surface area (TPSA) is 118 Å². The van der Waals surface area contributed by atoms with Crippen LogP contribution in [0.4, 0.5) is 5.69 Å². The van der Waals surface area contributed by atoms with Gasteiger partial charge in [0.15, 0.2) is 11.5 Å². The van der Waals surface area contributed by atoms with Crippen molar-refractivity contribution in [2.24, 2.45) is 0 Å². The van der Waals surface area contributed by atoms with E-state index in [9.17, 15) is 14.4 Å². The molecule has 2 unspecified atom stereocenters. The third kappa shape index (κ3) is 7.85. The van der Waals surface area contributed by atoms with Gasteiger partial charge < -0.3 is 35.1 Å². The van der Waals surface area contributed by atoms with Gasteiger partial charge in [0.25, 0.3) is 0 Å². The summed E-state index contributed by atoms with van der Waals surface area (Å²) in [6.07, 6.45) is 3.71. The second-order valence-corrected chi connectivity index (χ2v) is 11.2. The number of hydrogen-bond acceptors (Lipinski definition) is 9. The van der Waals surface area contributed by atoms with Gasteiger partial charge in [0.1, 0.15) is 6.04 Å². The van der Waals surface area contributed by atoms with Crippen LogP contribution in [0.15, 0.2) is 29.1 Å². The number of nitrogens with one attached hydrogen (secondary N) is 3. The summed E-state index contributed by atoms with van der Waals surface area (Å²) in [6.45, 7) is 2.68. The summed E-state index contributed by atoms with van der Waals surface area (Å²) in [5.74, 6) is 1.85. The van der Waals surface area contributed by atoms with E-state index in [-0.39, 0.29) is 17.2 Å². The first-order valence-electron chi connectivity index (χ1n) is 13.6. The van der Waals surface area contributed by atoms with Crippen molar-refractivity contribution in [2.45, 2.75) is 38.3 Å². The molecule has 3 N–H and O–H groups in total. The molecule has 11 heteroatoms. The number of carbonyl (C=O) groups excluding carboxylic acids is 2. The van der Waals surface area contributed by atoms with E-state index in [0.29, 0.717) is 60.9 Å². The molecule has 3 rings (SSSR count). The lowest BCUT2D eigenvalue weighted by Crippen LogP contribution is -2.43. The second kappa shape index (κ2) is 15.0. The highest BCUT2D eigenvalue weighted by Gasteiger charge is 2.30. The highest BCUT2D eigenvalue weighted by atomic mass is 32.2. The standard InChI is InChI=1S/C30H42N4O6S/c1-18(35)32-22-10-8-19-16-26(38-4)28(39-5)29(40-6)27(19)20-9-11-23(25(36)17-21(20)22)33-24(12-15-41-7)30(37)31-13-14-34(2)3/h9,11,16-17,22,24H,8,10,12-15H2,1-7H3,(H,31,37)(H,32,35)(H,33,36). The maximum Gasteiger partial charge on any atom is 0.242 e.